The summed E-state index contributed by atoms with van der Waals surface area (Å²) in [6.45, 7) is 6.53. The third kappa shape index (κ3) is 2.10. The summed E-state index contributed by atoms with van der Waals surface area (Å²) < 4.78 is 4.78. The predicted octanol–water partition coefficient (Wildman–Crippen LogP) is 1.84. The van der Waals surface area contributed by atoms with Crippen LogP contribution in [0.3, 0.4) is 0 Å². The molecule has 0 aromatic carbocycles. The van der Waals surface area contributed by atoms with Crippen LogP contribution in [0.2, 0.25) is 0 Å². The van der Waals surface area contributed by atoms with E-state index in [4.69, 9.17) is 0 Å². The number of aryl methyl sites for hydroxylation is 3. The molecule has 2 rings (SSSR count). The number of nitrogens with zero attached hydrogens (tertiary/aromatic N) is 4. The van der Waals surface area contributed by atoms with Crippen molar-refractivity contribution in [3.05, 3.63) is 32.8 Å². The van der Waals surface area contributed by atoms with Gasteiger partial charge in [0.15, 0.2) is 0 Å². The van der Waals surface area contributed by atoms with Gasteiger partial charge in [-0.1, -0.05) is 0 Å². The van der Waals surface area contributed by atoms with Gasteiger partial charge in [-0.25, -0.2) is 0 Å². The maximum Gasteiger partial charge on any atom is 0.0842 e. The van der Waals surface area contributed by atoms with Crippen molar-refractivity contribution in [1.29, 1.82) is 0 Å². The quantitative estimate of drug-likeness (QED) is 0.941. The molecule has 2 aromatic heterocycles. The topological polar surface area (TPSA) is 55.9 Å². The largest absolute Gasteiger partial charge is 0.392 e. The van der Waals surface area contributed by atoms with Gasteiger partial charge in [-0.05, 0) is 36.7 Å². The summed E-state index contributed by atoms with van der Waals surface area (Å²) in [5.41, 5.74) is 4.83. The summed E-state index contributed by atoms with van der Waals surface area (Å²) in [5, 5.41) is 18.1. The average Bonchev–Trinajstić information content (AvgIpc) is 2.71. The van der Waals surface area contributed by atoms with E-state index in [0.29, 0.717) is 6.54 Å². The van der Waals surface area contributed by atoms with Crippen molar-refractivity contribution in [2.24, 2.45) is 7.05 Å². The van der Waals surface area contributed by atoms with Crippen molar-refractivity contribution in [2.45, 2.75) is 33.9 Å². The van der Waals surface area contributed by atoms with E-state index in [0.717, 1.165) is 32.8 Å². The first kappa shape index (κ1) is 13.3. The number of halogens is 1. The van der Waals surface area contributed by atoms with Crippen molar-refractivity contribution in [3.63, 3.8) is 0 Å². The van der Waals surface area contributed by atoms with Gasteiger partial charge in [-0.3, -0.25) is 9.36 Å². The van der Waals surface area contributed by atoms with E-state index >= 15 is 0 Å². The van der Waals surface area contributed by atoms with Crippen molar-refractivity contribution in [1.82, 2.24) is 19.6 Å². The monoisotopic (exact) mass is 312 g/mol. The SMILES string of the molecule is Cc1nn(C)c(Cn2nc(C)c(CO)c2C)c1Br. The van der Waals surface area contributed by atoms with Crippen molar-refractivity contribution < 1.29 is 5.11 Å². The Morgan fingerprint density at radius 2 is 1.83 bits per heavy atom. The zero-order valence-electron chi connectivity index (χ0n) is 11.0. The summed E-state index contributed by atoms with van der Waals surface area (Å²) in [5.74, 6) is 0. The molecule has 98 valence electrons. The molecule has 0 spiro atoms. The second-order valence-electron chi connectivity index (χ2n) is 4.43. The van der Waals surface area contributed by atoms with Gasteiger partial charge in [0.25, 0.3) is 0 Å². The van der Waals surface area contributed by atoms with E-state index in [2.05, 4.69) is 26.1 Å². The van der Waals surface area contributed by atoms with Crippen molar-refractivity contribution in [2.75, 3.05) is 0 Å². The molecule has 5 nitrogen and oxygen atoms in total. The molecule has 0 aliphatic rings. The predicted molar refractivity (Wildman–Crippen MR) is 72.4 cm³/mol. The molecule has 2 heterocycles. The Morgan fingerprint density at radius 1 is 1.17 bits per heavy atom. The van der Waals surface area contributed by atoms with Gasteiger partial charge in [0.1, 0.15) is 0 Å². The van der Waals surface area contributed by atoms with E-state index in [1.807, 2.05) is 37.2 Å². The van der Waals surface area contributed by atoms with Crippen LogP contribution in [0.4, 0.5) is 0 Å². The van der Waals surface area contributed by atoms with Crippen LogP contribution in [-0.2, 0) is 20.2 Å². The zero-order chi connectivity index (χ0) is 13.4. The van der Waals surface area contributed by atoms with Gasteiger partial charge >= 0.3 is 0 Å². The maximum absolute atomic E-state index is 9.31. The lowest BCUT2D eigenvalue weighted by Gasteiger charge is -2.06. The highest BCUT2D eigenvalue weighted by atomic mass is 79.9. The lowest BCUT2D eigenvalue weighted by Crippen LogP contribution is -2.09. The first-order chi connectivity index (χ1) is 8.45. The molecule has 0 atom stereocenters. The molecule has 0 saturated carbocycles. The third-order valence-corrected chi connectivity index (χ3v) is 4.28. The molecule has 0 fully saturated rings. The summed E-state index contributed by atoms with van der Waals surface area (Å²) in [4.78, 5) is 0. The molecule has 0 amide bonds. The molecule has 0 radical (unpaired) electrons. The molecular weight excluding hydrogens is 296 g/mol. The smallest absolute Gasteiger partial charge is 0.0842 e. The van der Waals surface area contributed by atoms with Gasteiger partial charge < -0.3 is 5.11 Å². The van der Waals surface area contributed by atoms with Crippen LogP contribution in [0.1, 0.15) is 28.3 Å². The highest BCUT2D eigenvalue weighted by Gasteiger charge is 2.15. The Balaban J connectivity index is 2.40. The van der Waals surface area contributed by atoms with Crippen LogP contribution < -0.4 is 0 Å². The Hall–Kier alpha value is -1.14. The number of rotatable bonds is 3. The standard InChI is InChI=1S/C12H17BrN4O/c1-7-10(6-18)9(3)17(15-7)5-11-12(13)8(2)14-16(11)4/h18H,5-6H2,1-4H3. The van der Waals surface area contributed by atoms with E-state index in [1.165, 1.54) is 0 Å². The minimum atomic E-state index is 0.0310. The van der Waals surface area contributed by atoms with E-state index in [9.17, 15) is 5.11 Å². The molecule has 0 unspecified atom stereocenters. The molecule has 0 aliphatic carbocycles. The maximum atomic E-state index is 9.31. The summed E-state index contributed by atoms with van der Waals surface area (Å²) in [6, 6.07) is 0. The lowest BCUT2D eigenvalue weighted by molar-refractivity contribution is 0.280. The van der Waals surface area contributed by atoms with Crippen molar-refractivity contribution >= 4 is 15.9 Å². The van der Waals surface area contributed by atoms with E-state index < -0.39 is 0 Å². The molecule has 18 heavy (non-hydrogen) atoms. The molecular formula is C12H17BrN4O. The van der Waals surface area contributed by atoms with E-state index in [1.54, 1.807) is 0 Å². The Bertz CT molecular complexity index is 585. The molecule has 2 aromatic rings. The van der Waals surface area contributed by atoms with Crippen LogP contribution in [0.5, 0.6) is 0 Å². The second-order valence-corrected chi connectivity index (χ2v) is 5.23. The van der Waals surface area contributed by atoms with Crippen LogP contribution in [0, 0.1) is 20.8 Å². The number of aromatic nitrogens is 4. The fourth-order valence-corrected chi connectivity index (χ4v) is 2.57. The zero-order valence-corrected chi connectivity index (χ0v) is 12.6. The van der Waals surface area contributed by atoms with Gasteiger partial charge in [-0.2, -0.15) is 10.2 Å². The Kier molecular flexibility index (Phi) is 3.59. The third-order valence-electron chi connectivity index (χ3n) is 3.25. The first-order valence-electron chi connectivity index (χ1n) is 5.77. The van der Waals surface area contributed by atoms with Crippen LogP contribution >= 0.6 is 15.9 Å². The molecule has 1 N–H and O–H groups in total. The highest BCUT2D eigenvalue weighted by molar-refractivity contribution is 9.10. The minimum absolute atomic E-state index is 0.0310. The second kappa shape index (κ2) is 4.85. The van der Waals surface area contributed by atoms with Crippen molar-refractivity contribution in [3.8, 4) is 0 Å². The highest BCUT2D eigenvalue weighted by Crippen LogP contribution is 2.22. The number of hydrogen-bond acceptors (Lipinski definition) is 3. The fraction of sp³-hybridized carbons (Fsp3) is 0.500. The van der Waals surface area contributed by atoms with Gasteiger partial charge in [-0.15, -0.1) is 0 Å². The molecule has 0 bridgehead atoms. The van der Waals surface area contributed by atoms with Gasteiger partial charge in [0.2, 0.25) is 0 Å². The first-order valence-corrected chi connectivity index (χ1v) is 6.56. The summed E-state index contributed by atoms with van der Waals surface area (Å²) in [7, 11) is 1.92. The minimum Gasteiger partial charge on any atom is -0.392 e. The molecule has 0 saturated heterocycles. The van der Waals surface area contributed by atoms with Gasteiger partial charge in [0, 0.05) is 18.3 Å². The summed E-state index contributed by atoms with van der Waals surface area (Å²) in [6.07, 6.45) is 0. The molecule has 0 aliphatic heterocycles. The lowest BCUT2D eigenvalue weighted by atomic mass is 10.2. The molecule has 6 heteroatoms. The van der Waals surface area contributed by atoms with Crippen LogP contribution in [0.15, 0.2) is 4.47 Å². The Labute approximate surface area is 115 Å². The van der Waals surface area contributed by atoms with E-state index in [-0.39, 0.29) is 6.61 Å². The normalized spacial score (nSPS) is 11.2. The van der Waals surface area contributed by atoms with Crippen LogP contribution in [-0.4, -0.2) is 24.7 Å². The number of aliphatic hydroxyl groups is 1. The fourth-order valence-electron chi connectivity index (χ4n) is 2.11. The number of aliphatic hydroxyl groups excluding tert-OH is 1. The number of hydrogen-bond donors (Lipinski definition) is 1. The summed E-state index contributed by atoms with van der Waals surface area (Å²) >= 11 is 3.55. The average molecular weight is 313 g/mol. The Morgan fingerprint density at radius 3 is 2.28 bits per heavy atom. The van der Waals surface area contributed by atoms with Crippen LogP contribution in [0.25, 0.3) is 0 Å². The van der Waals surface area contributed by atoms with Gasteiger partial charge in [0.05, 0.1) is 34.7 Å².